The first-order chi connectivity index (χ1) is 10.5. The number of para-hydroxylation sites is 1. The molecular formula is C21H26N+. The van der Waals surface area contributed by atoms with E-state index in [1.165, 1.54) is 16.8 Å². The molecule has 2 aromatic carbocycles. The fraction of sp³-hybridized carbons (Fsp3) is 0.381. The van der Waals surface area contributed by atoms with E-state index in [0.29, 0.717) is 0 Å². The predicted octanol–water partition coefficient (Wildman–Crippen LogP) is 5.10. The van der Waals surface area contributed by atoms with Crippen molar-refractivity contribution in [1.29, 1.82) is 0 Å². The molecule has 0 spiro atoms. The number of aryl methyl sites for hydroxylation is 1. The summed E-state index contributed by atoms with van der Waals surface area (Å²) in [6.45, 7) is 9.30. The fourth-order valence-electron chi connectivity index (χ4n) is 3.93. The van der Waals surface area contributed by atoms with Crippen LogP contribution in [0, 0.1) is 0 Å². The lowest BCUT2D eigenvalue weighted by atomic mass is 9.77. The minimum absolute atomic E-state index is 0.0889. The second-order valence-corrected chi connectivity index (χ2v) is 7.25. The van der Waals surface area contributed by atoms with Gasteiger partial charge in [0.15, 0.2) is 11.8 Å². The third-order valence-corrected chi connectivity index (χ3v) is 4.93. The van der Waals surface area contributed by atoms with Gasteiger partial charge in [-0.05, 0) is 18.9 Å². The number of hydrogen-bond acceptors (Lipinski definition) is 0. The zero-order valence-electron chi connectivity index (χ0n) is 14.1. The summed E-state index contributed by atoms with van der Waals surface area (Å²) in [4.78, 5) is 0. The van der Waals surface area contributed by atoms with Crippen LogP contribution in [0.4, 0.5) is 5.69 Å². The highest BCUT2D eigenvalue weighted by Crippen LogP contribution is 2.41. The highest BCUT2D eigenvalue weighted by atomic mass is 15.1. The van der Waals surface area contributed by atoms with Gasteiger partial charge in [0.25, 0.3) is 0 Å². The van der Waals surface area contributed by atoms with Crippen LogP contribution in [0.2, 0.25) is 0 Å². The lowest BCUT2D eigenvalue weighted by molar-refractivity contribution is -0.512. The Morgan fingerprint density at radius 1 is 0.909 bits per heavy atom. The van der Waals surface area contributed by atoms with Crippen LogP contribution in [0.1, 0.15) is 45.2 Å². The van der Waals surface area contributed by atoms with E-state index in [0.717, 1.165) is 12.8 Å². The molecule has 1 heteroatoms. The van der Waals surface area contributed by atoms with Crippen molar-refractivity contribution in [1.82, 2.24) is 0 Å². The van der Waals surface area contributed by atoms with Crippen molar-refractivity contribution in [2.24, 2.45) is 0 Å². The summed E-state index contributed by atoms with van der Waals surface area (Å²) >= 11 is 0. The average molecular weight is 292 g/mol. The van der Waals surface area contributed by atoms with Crippen LogP contribution in [0.3, 0.4) is 0 Å². The molecule has 0 amide bonds. The SMILES string of the molecule is CCc1ccccc1[N+]1=CC(C)(c2ccccc2)CC1(C)C. The minimum Gasteiger partial charge on any atom is -0.197 e. The molecule has 2 aromatic rings. The van der Waals surface area contributed by atoms with Gasteiger partial charge in [-0.3, -0.25) is 0 Å². The summed E-state index contributed by atoms with van der Waals surface area (Å²) < 4.78 is 2.50. The number of nitrogens with zero attached hydrogens (tertiary/aromatic N) is 1. The van der Waals surface area contributed by atoms with E-state index in [4.69, 9.17) is 0 Å². The third kappa shape index (κ3) is 2.49. The maximum absolute atomic E-state index is 2.50. The molecule has 114 valence electrons. The monoisotopic (exact) mass is 292 g/mol. The van der Waals surface area contributed by atoms with E-state index in [-0.39, 0.29) is 11.0 Å². The summed E-state index contributed by atoms with van der Waals surface area (Å²) in [6, 6.07) is 19.7. The van der Waals surface area contributed by atoms with E-state index < -0.39 is 0 Å². The summed E-state index contributed by atoms with van der Waals surface area (Å²) in [6.07, 6.45) is 4.64. The first-order valence-corrected chi connectivity index (χ1v) is 8.25. The molecule has 0 N–H and O–H groups in total. The fourth-order valence-corrected chi connectivity index (χ4v) is 3.93. The molecule has 0 saturated carbocycles. The number of rotatable bonds is 3. The Hall–Kier alpha value is -1.89. The van der Waals surface area contributed by atoms with Crippen LogP contribution in [-0.2, 0) is 11.8 Å². The molecule has 1 nitrogen and oxygen atoms in total. The molecule has 0 aromatic heterocycles. The van der Waals surface area contributed by atoms with Gasteiger partial charge in [0, 0.05) is 31.9 Å². The van der Waals surface area contributed by atoms with Crippen LogP contribution in [0.15, 0.2) is 54.6 Å². The molecule has 1 atom stereocenters. The Labute approximate surface area is 134 Å². The highest BCUT2D eigenvalue weighted by molar-refractivity contribution is 5.72. The van der Waals surface area contributed by atoms with Gasteiger partial charge in [-0.25, -0.2) is 0 Å². The van der Waals surface area contributed by atoms with E-state index in [9.17, 15) is 0 Å². The van der Waals surface area contributed by atoms with E-state index in [2.05, 4.69) is 93.1 Å². The Morgan fingerprint density at radius 3 is 2.23 bits per heavy atom. The summed E-state index contributed by atoms with van der Waals surface area (Å²) in [5.41, 5.74) is 4.39. The van der Waals surface area contributed by atoms with Crippen LogP contribution in [0.5, 0.6) is 0 Å². The molecular weight excluding hydrogens is 266 g/mol. The molecule has 1 aliphatic rings. The normalized spacial score (nSPS) is 23.4. The van der Waals surface area contributed by atoms with Gasteiger partial charge in [-0.1, -0.05) is 55.5 Å². The minimum atomic E-state index is 0.0889. The summed E-state index contributed by atoms with van der Waals surface area (Å²) in [5.74, 6) is 0. The molecule has 0 saturated heterocycles. The lowest BCUT2D eigenvalue weighted by Crippen LogP contribution is -2.30. The predicted molar refractivity (Wildman–Crippen MR) is 94.3 cm³/mol. The molecule has 0 fully saturated rings. The van der Waals surface area contributed by atoms with Crippen LogP contribution < -0.4 is 0 Å². The average Bonchev–Trinajstić information content (AvgIpc) is 2.78. The molecule has 1 unspecified atom stereocenters. The maximum Gasteiger partial charge on any atom is 0.208 e. The second-order valence-electron chi connectivity index (χ2n) is 7.25. The van der Waals surface area contributed by atoms with E-state index in [1.807, 2.05) is 0 Å². The van der Waals surface area contributed by atoms with Crippen LogP contribution >= 0.6 is 0 Å². The van der Waals surface area contributed by atoms with E-state index >= 15 is 0 Å². The van der Waals surface area contributed by atoms with Crippen molar-refractivity contribution in [3.63, 3.8) is 0 Å². The Kier molecular flexibility index (Phi) is 3.68. The van der Waals surface area contributed by atoms with Gasteiger partial charge in [0.2, 0.25) is 5.69 Å². The Morgan fingerprint density at radius 2 is 1.55 bits per heavy atom. The van der Waals surface area contributed by atoms with Crippen molar-refractivity contribution in [2.75, 3.05) is 0 Å². The van der Waals surface area contributed by atoms with E-state index in [1.54, 1.807) is 0 Å². The Balaban J connectivity index is 2.12. The summed E-state index contributed by atoms with van der Waals surface area (Å²) in [7, 11) is 0. The summed E-state index contributed by atoms with van der Waals surface area (Å²) in [5, 5.41) is 0. The Bertz CT molecular complexity index is 697. The molecule has 0 aliphatic carbocycles. The first kappa shape index (κ1) is 15.0. The van der Waals surface area contributed by atoms with Gasteiger partial charge < -0.3 is 0 Å². The molecule has 1 aliphatic heterocycles. The van der Waals surface area contributed by atoms with Crippen molar-refractivity contribution in [3.05, 3.63) is 65.7 Å². The molecule has 0 radical (unpaired) electrons. The van der Waals surface area contributed by atoms with Gasteiger partial charge in [0.05, 0.1) is 5.41 Å². The van der Waals surface area contributed by atoms with Gasteiger partial charge >= 0.3 is 0 Å². The number of hydrogen-bond donors (Lipinski definition) is 0. The van der Waals surface area contributed by atoms with Gasteiger partial charge in [0.1, 0.15) is 0 Å². The first-order valence-electron chi connectivity index (χ1n) is 8.25. The van der Waals surface area contributed by atoms with Crippen LogP contribution in [-0.4, -0.2) is 16.3 Å². The van der Waals surface area contributed by atoms with Crippen molar-refractivity contribution in [3.8, 4) is 0 Å². The zero-order valence-corrected chi connectivity index (χ0v) is 14.1. The molecule has 22 heavy (non-hydrogen) atoms. The lowest BCUT2D eigenvalue weighted by Gasteiger charge is -2.22. The maximum atomic E-state index is 2.50. The molecule has 0 bridgehead atoms. The standard InChI is InChI=1S/C21H26N/c1-5-17-11-9-10-14-19(17)22-16-21(4,15-20(22,2)3)18-12-7-6-8-13-18/h6-14,16H,5,15H2,1-4H3/q+1. The van der Waals surface area contributed by atoms with Gasteiger partial charge in [-0.15, -0.1) is 0 Å². The highest BCUT2D eigenvalue weighted by Gasteiger charge is 2.49. The van der Waals surface area contributed by atoms with Crippen molar-refractivity contribution >= 4 is 11.9 Å². The van der Waals surface area contributed by atoms with Crippen molar-refractivity contribution in [2.45, 2.75) is 51.5 Å². The smallest absolute Gasteiger partial charge is 0.197 e. The zero-order chi connectivity index (χ0) is 15.8. The molecule has 1 heterocycles. The van der Waals surface area contributed by atoms with Crippen LogP contribution in [0.25, 0.3) is 0 Å². The van der Waals surface area contributed by atoms with Gasteiger partial charge in [-0.2, -0.15) is 4.58 Å². The topological polar surface area (TPSA) is 3.01 Å². The third-order valence-electron chi connectivity index (χ3n) is 4.93. The second kappa shape index (κ2) is 5.39. The molecule has 3 rings (SSSR count). The van der Waals surface area contributed by atoms with Crippen molar-refractivity contribution < 1.29 is 4.58 Å². The largest absolute Gasteiger partial charge is 0.208 e. The number of benzene rings is 2. The quantitative estimate of drug-likeness (QED) is 0.692.